The lowest BCUT2D eigenvalue weighted by atomic mass is 9.91. The highest BCUT2D eigenvalue weighted by Crippen LogP contribution is 2.45. The van der Waals surface area contributed by atoms with Gasteiger partial charge in [-0.3, -0.25) is 0 Å². The number of benzene rings is 8. The number of pyridine rings is 1. The van der Waals surface area contributed by atoms with E-state index in [1.807, 2.05) is 24.3 Å². The lowest BCUT2D eigenvalue weighted by molar-refractivity contribution is 1.19. The van der Waals surface area contributed by atoms with Gasteiger partial charge in [-0.15, -0.1) is 0 Å². The summed E-state index contributed by atoms with van der Waals surface area (Å²) in [5.41, 5.74) is 10.9. The molecule has 0 aliphatic carbocycles. The Labute approximate surface area is 319 Å². The summed E-state index contributed by atoms with van der Waals surface area (Å²) < 4.78 is 0. The fraction of sp³-hybridized carbons (Fsp3) is 0. The quantitative estimate of drug-likeness (QED) is 0.155. The fourth-order valence-corrected chi connectivity index (χ4v) is 7.75. The van der Waals surface area contributed by atoms with Gasteiger partial charge in [-0.25, -0.2) is 15.0 Å². The molecule has 0 saturated heterocycles. The third-order valence-corrected chi connectivity index (χ3v) is 10.2. The minimum absolute atomic E-state index is 0.692. The highest BCUT2D eigenvalue weighted by molar-refractivity contribution is 6.26. The molecule has 4 heteroatoms. The van der Waals surface area contributed by atoms with Crippen LogP contribution in [0.1, 0.15) is 0 Å². The number of aromatic nitrogens is 3. The van der Waals surface area contributed by atoms with Crippen molar-refractivity contribution < 1.29 is 0 Å². The Balaban J connectivity index is 1.28. The van der Waals surface area contributed by atoms with E-state index in [0.29, 0.717) is 5.82 Å². The Morgan fingerprint density at radius 1 is 0.364 bits per heavy atom. The van der Waals surface area contributed by atoms with Crippen LogP contribution in [-0.2, 0) is 0 Å². The zero-order chi connectivity index (χ0) is 36.6. The van der Waals surface area contributed by atoms with Gasteiger partial charge in [0.25, 0.3) is 0 Å². The zero-order valence-corrected chi connectivity index (χ0v) is 29.9. The molecule has 0 aliphatic rings. The van der Waals surface area contributed by atoms with Crippen LogP contribution >= 0.6 is 0 Å². The van der Waals surface area contributed by atoms with Crippen molar-refractivity contribution in [3.63, 3.8) is 0 Å². The molecule has 0 fully saturated rings. The molecule has 2 aromatic heterocycles. The SMILES string of the molecule is c1ccc(-c2cc(-c3cccc4ccc5c(-c6ccccc6N(c6ccccc6)c6ccccc6)nc6ccccc6c5c34)nc(-c3ccccc3)n2)cc1. The maximum absolute atomic E-state index is 5.47. The van der Waals surface area contributed by atoms with E-state index in [0.717, 1.165) is 88.8 Å². The number of hydrogen-bond donors (Lipinski definition) is 0. The third kappa shape index (κ3) is 5.87. The van der Waals surface area contributed by atoms with Crippen molar-refractivity contribution in [2.45, 2.75) is 0 Å². The molecule has 55 heavy (non-hydrogen) atoms. The summed E-state index contributed by atoms with van der Waals surface area (Å²) in [5.74, 6) is 0.692. The van der Waals surface area contributed by atoms with Gasteiger partial charge >= 0.3 is 0 Å². The molecule has 0 saturated carbocycles. The first-order valence-electron chi connectivity index (χ1n) is 18.5. The summed E-state index contributed by atoms with van der Waals surface area (Å²) >= 11 is 0. The zero-order valence-electron chi connectivity index (χ0n) is 29.9. The first-order chi connectivity index (χ1) is 27.3. The van der Waals surface area contributed by atoms with Crippen LogP contribution in [0.15, 0.2) is 206 Å². The van der Waals surface area contributed by atoms with Crippen LogP contribution in [0, 0.1) is 0 Å². The number of nitrogens with zero attached hydrogens (tertiary/aromatic N) is 4. The minimum Gasteiger partial charge on any atom is -0.310 e. The van der Waals surface area contributed by atoms with E-state index in [9.17, 15) is 0 Å². The predicted octanol–water partition coefficient (Wildman–Crippen LogP) is 13.5. The van der Waals surface area contributed by atoms with Crippen molar-refractivity contribution in [1.29, 1.82) is 0 Å². The highest BCUT2D eigenvalue weighted by Gasteiger charge is 2.22. The van der Waals surface area contributed by atoms with Crippen LogP contribution in [0.2, 0.25) is 0 Å². The van der Waals surface area contributed by atoms with E-state index in [1.54, 1.807) is 0 Å². The molecular formula is C51H34N4. The molecule has 0 N–H and O–H groups in total. The van der Waals surface area contributed by atoms with E-state index in [1.165, 1.54) is 0 Å². The summed E-state index contributed by atoms with van der Waals surface area (Å²) in [4.78, 5) is 18.2. The number of rotatable bonds is 7. The lowest BCUT2D eigenvalue weighted by Gasteiger charge is -2.28. The van der Waals surface area contributed by atoms with Gasteiger partial charge in [-0.2, -0.15) is 0 Å². The molecular weight excluding hydrogens is 669 g/mol. The van der Waals surface area contributed by atoms with Crippen molar-refractivity contribution in [2.24, 2.45) is 0 Å². The summed E-state index contributed by atoms with van der Waals surface area (Å²) in [6, 6.07) is 72.0. The Morgan fingerprint density at radius 3 is 1.67 bits per heavy atom. The van der Waals surface area contributed by atoms with Crippen LogP contribution in [0.5, 0.6) is 0 Å². The number of para-hydroxylation sites is 4. The van der Waals surface area contributed by atoms with E-state index < -0.39 is 0 Å². The molecule has 0 aliphatic heterocycles. The van der Waals surface area contributed by atoms with Crippen LogP contribution in [0.25, 0.3) is 77.6 Å². The largest absolute Gasteiger partial charge is 0.310 e. The second kappa shape index (κ2) is 13.8. The van der Waals surface area contributed by atoms with Crippen molar-refractivity contribution in [3.8, 4) is 45.2 Å². The van der Waals surface area contributed by atoms with Crippen LogP contribution in [0.4, 0.5) is 17.1 Å². The van der Waals surface area contributed by atoms with Gasteiger partial charge in [0.05, 0.1) is 28.3 Å². The summed E-state index contributed by atoms with van der Waals surface area (Å²) in [5, 5.41) is 5.60. The van der Waals surface area contributed by atoms with E-state index in [4.69, 9.17) is 15.0 Å². The number of anilines is 3. The van der Waals surface area contributed by atoms with Gasteiger partial charge in [0.15, 0.2) is 5.82 Å². The van der Waals surface area contributed by atoms with Gasteiger partial charge in [0.2, 0.25) is 0 Å². The van der Waals surface area contributed by atoms with Gasteiger partial charge < -0.3 is 4.90 Å². The normalized spacial score (nSPS) is 11.3. The first-order valence-corrected chi connectivity index (χ1v) is 18.5. The molecule has 0 bridgehead atoms. The Hall–Kier alpha value is -7.43. The molecule has 2 heterocycles. The predicted molar refractivity (Wildman–Crippen MR) is 229 cm³/mol. The van der Waals surface area contributed by atoms with Crippen molar-refractivity contribution in [2.75, 3.05) is 4.90 Å². The molecule has 0 amide bonds. The van der Waals surface area contributed by atoms with Crippen molar-refractivity contribution in [1.82, 2.24) is 15.0 Å². The Kier molecular flexibility index (Phi) is 8.12. The monoisotopic (exact) mass is 702 g/mol. The lowest BCUT2D eigenvalue weighted by Crippen LogP contribution is -2.11. The third-order valence-electron chi connectivity index (χ3n) is 10.2. The molecule has 0 unspecified atom stereocenters. The average molecular weight is 703 g/mol. The smallest absolute Gasteiger partial charge is 0.160 e. The molecule has 258 valence electrons. The maximum Gasteiger partial charge on any atom is 0.160 e. The summed E-state index contributed by atoms with van der Waals surface area (Å²) in [6.07, 6.45) is 0. The highest BCUT2D eigenvalue weighted by atomic mass is 15.1. The molecule has 4 nitrogen and oxygen atoms in total. The van der Waals surface area contributed by atoms with Gasteiger partial charge in [0, 0.05) is 49.8 Å². The van der Waals surface area contributed by atoms with Gasteiger partial charge in [0.1, 0.15) is 0 Å². The average Bonchev–Trinajstić information content (AvgIpc) is 3.27. The molecule has 0 radical (unpaired) electrons. The van der Waals surface area contributed by atoms with Crippen LogP contribution < -0.4 is 4.90 Å². The molecule has 10 aromatic rings. The van der Waals surface area contributed by atoms with Crippen molar-refractivity contribution in [3.05, 3.63) is 206 Å². The fourth-order valence-electron chi connectivity index (χ4n) is 7.75. The van der Waals surface area contributed by atoms with E-state index >= 15 is 0 Å². The topological polar surface area (TPSA) is 41.9 Å². The molecule has 8 aromatic carbocycles. The van der Waals surface area contributed by atoms with Crippen LogP contribution in [0.3, 0.4) is 0 Å². The molecule has 10 rings (SSSR count). The maximum atomic E-state index is 5.47. The van der Waals surface area contributed by atoms with Crippen LogP contribution in [-0.4, -0.2) is 15.0 Å². The number of fused-ring (bicyclic) bond motifs is 5. The van der Waals surface area contributed by atoms with Gasteiger partial charge in [-0.05, 0) is 53.2 Å². The second-order valence-electron chi connectivity index (χ2n) is 13.6. The first kappa shape index (κ1) is 32.2. The Bertz CT molecular complexity index is 2870. The summed E-state index contributed by atoms with van der Waals surface area (Å²) in [7, 11) is 0. The Morgan fingerprint density at radius 2 is 0.945 bits per heavy atom. The summed E-state index contributed by atoms with van der Waals surface area (Å²) in [6.45, 7) is 0. The standard InChI is InChI=1S/C51H34N4/c1-5-18-35(19-6-1)45-34-46(54-51(53-45)37-20-7-2-8-21-37)41-29-17-22-36-32-33-43-49(48(36)41)40-27-13-15-30-44(40)52-50(43)42-28-14-16-31-47(42)55(38-23-9-3-10-24-38)39-25-11-4-12-26-39/h1-34H. The molecule has 0 atom stereocenters. The minimum atomic E-state index is 0.692. The van der Waals surface area contributed by atoms with E-state index in [-0.39, 0.29) is 0 Å². The second-order valence-corrected chi connectivity index (χ2v) is 13.6. The van der Waals surface area contributed by atoms with E-state index in [2.05, 4.69) is 187 Å². The number of hydrogen-bond acceptors (Lipinski definition) is 4. The molecule has 0 spiro atoms. The van der Waals surface area contributed by atoms with Gasteiger partial charge in [-0.1, -0.05) is 164 Å². The van der Waals surface area contributed by atoms with Crippen molar-refractivity contribution >= 4 is 49.5 Å².